The molecule has 2 heteroatoms. The van der Waals surface area contributed by atoms with Gasteiger partial charge in [-0.3, -0.25) is 0 Å². The Bertz CT molecular complexity index is 336. The molecule has 0 aromatic rings. The Morgan fingerprint density at radius 2 is 1.64 bits per heavy atom. The number of hydrogen-bond donors (Lipinski definition) is 1. The molecule has 0 amide bonds. The van der Waals surface area contributed by atoms with E-state index in [1.165, 1.54) is 25.7 Å². The molecule has 2 aliphatic rings. The zero-order chi connectivity index (χ0) is 16.4. The van der Waals surface area contributed by atoms with E-state index in [0.717, 1.165) is 43.9 Å². The summed E-state index contributed by atoms with van der Waals surface area (Å²) in [5, 5.41) is 9.78. The van der Waals surface area contributed by atoms with Crippen LogP contribution in [0.3, 0.4) is 0 Å². The van der Waals surface area contributed by atoms with Crippen LogP contribution in [0.2, 0.25) is 0 Å². The number of ether oxygens (including phenoxy) is 1. The normalized spacial score (nSPS) is 39.7. The zero-order valence-corrected chi connectivity index (χ0v) is 15.5. The van der Waals surface area contributed by atoms with Gasteiger partial charge in [-0.2, -0.15) is 0 Å². The zero-order valence-electron chi connectivity index (χ0n) is 15.5. The first kappa shape index (κ1) is 18.3. The van der Waals surface area contributed by atoms with E-state index in [-0.39, 0.29) is 17.3 Å². The molecule has 0 aromatic carbocycles. The molecule has 130 valence electrons. The van der Waals surface area contributed by atoms with Crippen molar-refractivity contribution in [2.75, 3.05) is 0 Å². The van der Waals surface area contributed by atoms with Gasteiger partial charge >= 0.3 is 0 Å². The lowest BCUT2D eigenvalue weighted by Crippen LogP contribution is -2.48. The van der Waals surface area contributed by atoms with Crippen molar-refractivity contribution in [2.24, 2.45) is 17.8 Å². The van der Waals surface area contributed by atoms with Crippen molar-refractivity contribution in [3.05, 3.63) is 0 Å². The fourth-order valence-corrected chi connectivity index (χ4v) is 4.71. The van der Waals surface area contributed by atoms with Crippen molar-refractivity contribution in [3.63, 3.8) is 0 Å². The summed E-state index contributed by atoms with van der Waals surface area (Å²) in [5.74, 6) is 2.30. The second-order valence-corrected chi connectivity index (χ2v) is 8.81. The predicted molar refractivity (Wildman–Crippen MR) is 92.9 cm³/mol. The monoisotopic (exact) mass is 310 g/mol. The third-order valence-electron chi connectivity index (χ3n) is 6.77. The van der Waals surface area contributed by atoms with Crippen LogP contribution >= 0.6 is 0 Å². The Balaban J connectivity index is 1.97. The molecule has 2 fully saturated rings. The molecule has 2 rings (SSSR count). The summed E-state index contributed by atoms with van der Waals surface area (Å²) in [7, 11) is 0. The number of rotatable bonds is 5. The summed E-state index contributed by atoms with van der Waals surface area (Å²) in [6.45, 7) is 11.7. The van der Waals surface area contributed by atoms with E-state index in [1.807, 2.05) is 0 Å². The van der Waals surface area contributed by atoms with Gasteiger partial charge < -0.3 is 9.84 Å². The molecule has 1 unspecified atom stereocenters. The lowest BCUT2D eigenvalue weighted by molar-refractivity contribution is -0.191. The van der Waals surface area contributed by atoms with E-state index in [0.29, 0.717) is 5.92 Å². The molecule has 0 saturated heterocycles. The maximum atomic E-state index is 9.78. The van der Waals surface area contributed by atoms with Crippen molar-refractivity contribution in [1.82, 2.24) is 0 Å². The number of aliphatic hydroxyl groups excluding tert-OH is 1. The largest absolute Gasteiger partial charge is 0.393 e. The first-order valence-electron chi connectivity index (χ1n) is 9.66. The smallest absolute Gasteiger partial charge is 0.0687 e. The fraction of sp³-hybridized carbons (Fsp3) is 1.00. The van der Waals surface area contributed by atoms with E-state index in [2.05, 4.69) is 34.6 Å². The molecular formula is C20H38O2. The molecule has 22 heavy (non-hydrogen) atoms. The van der Waals surface area contributed by atoms with Gasteiger partial charge in [0.1, 0.15) is 0 Å². The molecule has 0 radical (unpaired) electrons. The molecule has 0 aliphatic heterocycles. The van der Waals surface area contributed by atoms with E-state index in [1.54, 1.807) is 0 Å². The molecule has 0 spiro atoms. The Morgan fingerprint density at radius 3 is 2.09 bits per heavy atom. The summed E-state index contributed by atoms with van der Waals surface area (Å²) in [5.41, 5.74) is 0.0474. The van der Waals surface area contributed by atoms with Crippen molar-refractivity contribution in [1.29, 1.82) is 0 Å². The lowest BCUT2D eigenvalue weighted by atomic mass is 9.72. The quantitative estimate of drug-likeness (QED) is 0.744. The maximum Gasteiger partial charge on any atom is 0.0687 e. The van der Waals surface area contributed by atoms with Crippen molar-refractivity contribution in [3.8, 4) is 0 Å². The average molecular weight is 311 g/mol. The highest BCUT2D eigenvalue weighted by Gasteiger charge is 2.43. The summed E-state index contributed by atoms with van der Waals surface area (Å²) >= 11 is 0. The van der Waals surface area contributed by atoms with E-state index in [9.17, 15) is 5.11 Å². The van der Waals surface area contributed by atoms with Gasteiger partial charge in [-0.1, -0.05) is 20.8 Å². The van der Waals surface area contributed by atoms with Gasteiger partial charge in [0.05, 0.1) is 17.3 Å². The Labute approximate surface area is 138 Å². The van der Waals surface area contributed by atoms with Gasteiger partial charge in [-0.15, -0.1) is 0 Å². The molecule has 2 nitrogen and oxygen atoms in total. The lowest BCUT2D eigenvalue weighted by Gasteiger charge is -2.48. The summed E-state index contributed by atoms with van der Waals surface area (Å²) in [4.78, 5) is 0. The second kappa shape index (κ2) is 7.21. The van der Waals surface area contributed by atoms with Gasteiger partial charge in [0.25, 0.3) is 0 Å². The highest BCUT2D eigenvalue weighted by atomic mass is 16.5. The summed E-state index contributed by atoms with van der Waals surface area (Å²) < 4.78 is 6.84. The third-order valence-corrected chi connectivity index (χ3v) is 6.77. The van der Waals surface area contributed by atoms with Crippen LogP contribution < -0.4 is 0 Å². The summed E-state index contributed by atoms with van der Waals surface area (Å²) in [6.07, 6.45) is 10.2. The molecular weight excluding hydrogens is 272 g/mol. The van der Waals surface area contributed by atoms with Gasteiger partial charge in [0, 0.05) is 0 Å². The highest BCUT2D eigenvalue weighted by Crippen LogP contribution is 2.45. The molecule has 0 heterocycles. The standard InChI is InChI=1S/C20H38O2/c1-6-20(5,17-7-9-18(21)10-8-17)22-19(4)13-11-16(12-14-19)15(2)3/h15-18,21H,6-14H2,1-5H3/t16-,17-,18+,19-,20?. The van der Waals surface area contributed by atoms with Crippen LogP contribution in [0.1, 0.15) is 92.4 Å². The first-order chi connectivity index (χ1) is 10.3. The minimum absolute atomic E-state index is 0.0143. The van der Waals surface area contributed by atoms with Crippen LogP contribution in [-0.4, -0.2) is 22.4 Å². The second-order valence-electron chi connectivity index (χ2n) is 8.81. The van der Waals surface area contributed by atoms with Crippen LogP contribution in [0.5, 0.6) is 0 Å². The van der Waals surface area contributed by atoms with E-state index >= 15 is 0 Å². The predicted octanol–water partition coefficient (Wildman–Crippen LogP) is 5.33. The maximum absolute atomic E-state index is 9.78. The fourth-order valence-electron chi connectivity index (χ4n) is 4.71. The van der Waals surface area contributed by atoms with Crippen LogP contribution in [0.15, 0.2) is 0 Å². The minimum atomic E-state index is -0.0746. The van der Waals surface area contributed by atoms with Crippen molar-refractivity contribution in [2.45, 2.75) is 110 Å². The highest BCUT2D eigenvalue weighted by molar-refractivity contribution is 4.93. The molecule has 2 saturated carbocycles. The molecule has 2 aliphatic carbocycles. The molecule has 1 atom stereocenters. The van der Waals surface area contributed by atoms with E-state index < -0.39 is 0 Å². The van der Waals surface area contributed by atoms with Crippen LogP contribution in [0.25, 0.3) is 0 Å². The Hall–Kier alpha value is -0.0800. The van der Waals surface area contributed by atoms with E-state index in [4.69, 9.17) is 4.74 Å². The number of aliphatic hydroxyl groups is 1. The topological polar surface area (TPSA) is 29.5 Å². The SMILES string of the molecule is CCC(C)(O[C@]1(C)CC[C@@H](C(C)C)CC1)[C@H]1CC[C@@H](O)CC1. The average Bonchev–Trinajstić information content (AvgIpc) is 2.47. The van der Waals surface area contributed by atoms with Crippen LogP contribution in [-0.2, 0) is 4.74 Å². The molecule has 0 bridgehead atoms. The van der Waals surface area contributed by atoms with Gasteiger partial charge in [-0.25, -0.2) is 0 Å². The molecule has 1 N–H and O–H groups in total. The van der Waals surface area contributed by atoms with Gasteiger partial charge in [0.2, 0.25) is 0 Å². The third kappa shape index (κ3) is 4.26. The van der Waals surface area contributed by atoms with Crippen molar-refractivity contribution >= 4 is 0 Å². The summed E-state index contributed by atoms with van der Waals surface area (Å²) in [6, 6.07) is 0. The van der Waals surface area contributed by atoms with Gasteiger partial charge in [-0.05, 0) is 89.4 Å². The molecule has 0 aromatic heterocycles. The van der Waals surface area contributed by atoms with Crippen LogP contribution in [0, 0.1) is 17.8 Å². The minimum Gasteiger partial charge on any atom is -0.393 e. The van der Waals surface area contributed by atoms with Crippen LogP contribution in [0.4, 0.5) is 0 Å². The Morgan fingerprint density at radius 1 is 1.09 bits per heavy atom. The first-order valence-corrected chi connectivity index (χ1v) is 9.66. The number of hydrogen-bond acceptors (Lipinski definition) is 2. The van der Waals surface area contributed by atoms with Crippen molar-refractivity contribution < 1.29 is 9.84 Å². The van der Waals surface area contributed by atoms with Gasteiger partial charge in [0.15, 0.2) is 0 Å². The Kier molecular flexibility index (Phi) is 5.99.